The van der Waals surface area contributed by atoms with E-state index in [4.69, 9.17) is 0 Å². The second kappa shape index (κ2) is 10.6. The molecule has 2 aromatic rings. The first-order valence-electron chi connectivity index (χ1n) is 8.38. The van der Waals surface area contributed by atoms with Crippen molar-refractivity contribution >= 4 is 30.5 Å². The van der Waals surface area contributed by atoms with Crippen LogP contribution in [-0.4, -0.2) is 42.4 Å². The Morgan fingerprint density at radius 2 is 1.45 bits per heavy atom. The molecule has 0 saturated carbocycles. The fourth-order valence-electron chi connectivity index (χ4n) is 3.18. The number of ether oxygens (including phenoxy) is 1. The van der Waals surface area contributed by atoms with Crippen LogP contribution in [-0.2, 0) is 0 Å². The van der Waals surface area contributed by atoms with Gasteiger partial charge in [-0.3, -0.25) is 15.0 Å². The molecular formula is C18H20Cl2F3N3O3. The number of hydrogen-bond acceptors (Lipinski definition) is 5. The summed E-state index contributed by atoms with van der Waals surface area (Å²) in [5, 5.41) is 14.1. The van der Waals surface area contributed by atoms with Gasteiger partial charge in [0.2, 0.25) is 0 Å². The highest BCUT2D eigenvalue weighted by molar-refractivity contribution is 5.85. The van der Waals surface area contributed by atoms with Crippen LogP contribution in [0.15, 0.2) is 48.5 Å². The Hall–Kier alpha value is -2.07. The largest absolute Gasteiger partial charge is 0.573 e. The molecule has 0 spiro atoms. The van der Waals surface area contributed by atoms with E-state index in [0.29, 0.717) is 0 Å². The van der Waals surface area contributed by atoms with E-state index in [9.17, 15) is 23.3 Å². The van der Waals surface area contributed by atoms with Crippen molar-refractivity contribution < 1.29 is 22.8 Å². The Bertz CT molecular complexity index is 784. The molecule has 0 aromatic heterocycles. The van der Waals surface area contributed by atoms with Gasteiger partial charge in [-0.25, -0.2) is 0 Å². The Balaban J connectivity index is 0.00000210. The maximum Gasteiger partial charge on any atom is 0.573 e. The van der Waals surface area contributed by atoms with Gasteiger partial charge in [-0.1, -0.05) is 24.3 Å². The van der Waals surface area contributed by atoms with Crippen LogP contribution in [0.25, 0.3) is 0 Å². The van der Waals surface area contributed by atoms with Gasteiger partial charge in [0.15, 0.2) is 0 Å². The van der Waals surface area contributed by atoms with Crippen molar-refractivity contribution in [3.05, 3.63) is 69.8 Å². The summed E-state index contributed by atoms with van der Waals surface area (Å²) in [5.41, 5.74) is 1.62. The van der Waals surface area contributed by atoms with Gasteiger partial charge < -0.3 is 10.1 Å². The smallest absolute Gasteiger partial charge is 0.406 e. The summed E-state index contributed by atoms with van der Waals surface area (Å²) in [6.07, 6.45) is -4.74. The molecule has 1 heterocycles. The second-order valence-electron chi connectivity index (χ2n) is 6.15. The lowest BCUT2D eigenvalue weighted by Gasteiger charge is -2.35. The predicted octanol–water partition coefficient (Wildman–Crippen LogP) is 4.33. The Morgan fingerprint density at radius 1 is 0.966 bits per heavy atom. The minimum Gasteiger partial charge on any atom is -0.406 e. The maximum atomic E-state index is 12.4. The van der Waals surface area contributed by atoms with Crippen LogP contribution < -0.4 is 10.1 Å². The number of rotatable bonds is 5. The third-order valence-electron chi connectivity index (χ3n) is 4.37. The summed E-state index contributed by atoms with van der Waals surface area (Å²) in [4.78, 5) is 12.6. The van der Waals surface area contributed by atoms with Gasteiger partial charge in [-0.05, 0) is 23.3 Å². The van der Waals surface area contributed by atoms with Gasteiger partial charge in [0.25, 0.3) is 5.69 Å². The van der Waals surface area contributed by atoms with E-state index in [-0.39, 0.29) is 42.3 Å². The molecule has 11 heteroatoms. The molecule has 29 heavy (non-hydrogen) atoms. The highest BCUT2D eigenvalue weighted by Gasteiger charge is 2.31. The van der Waals surface area contributed by atoms with Crippen molar-refractivity contribution in [3.63, 3.8) is 0 Å². The van der Waals surface area contributed by atoms with E-state index in [1.807, 2.05) is 0 Å². The maximum absolute atomic E-state index is 12.4. The van der Waals surface area contributed by atoms with Crippen LogP contribution >= 0.6 is 24.8 Å². The van der Waals surface area contributed by atoms with Gasteiger partial charge in [0.05, 0.1) is 11.0 Å². The highest BCUT2D eigenvalue weighted by atomic mass is 35.5. The van der Waals surface area contributed by atoms with Crippen LogP contribution in [0.5, 0.6) is 5.75 Å². The van der Waals surface area contributed by atoms with Crippen molar-refractivity contribution in [1.29, 1.82) is 0 Å². The quantitative estimate of drug-likeness (QED) is 0.538. The van der Waals surface area contributed by atoms with Gasteiger partial charge >= 0.3 is 6.36 Å². The number of non-ortho nitro benzene ring substituents is 1. The SMILES string of the molecule is Cl.Cl.O=[N+]([O-])c1ccc([C@@H](c2ccc(OC(F)(F)F)cc2)N2CCNCC2)cc1. The molecule has 1 N–H and O–H groups in total. The number of nitrogens with zero attached hydrogens (tertiary/aromatic N) is 2. The summed E-state index contributed by atoms with van der Waals surface area (Å²) >= 11 is 0. The van der Waals surface area contributed by atoms with E-state index in [0.717, 1.165) is 37.3 Å². The molecule has 1 fully saturated rings. The van der Waals surface area contributed by atoms with E-state index in [1.54, 1.807) is 24.3 Å². The van der Waals surface area contributed by atoms with Crippen LogP contribution in [0.1, 0.15) is 17.2 Å². The number of nitro groups is 1. The molecule has 1 saturated heterocycles. The number of halogens is 5. The summed E-state index contributed by atoms with van der Waals surface area (Å²) in [7, 11) is 0. The molecule has 6 nitrogen and oxygen atoms in total. The monoisotopic (exact) mass is 453 g/mol. The van der Waals surface area contributed by atoms with Crippen molar-refractivity contribution in [2.45, 2.75) is 12.4 Å². The first-order chi connectivity index (χ1) is 12.8. The van der Waals surface area contributed by atoms with Gasteiger partial charge in [-0.2, -0.15) is 0 Å². The van der Waals surface area contributed by atoms with Crippen LogP contribution in [0.2, 0.25) is 0 Å². The first-order valence-corrected chi connectivity index (χ1v) is 8.38. The Kier molecular flexibility index (Phi) is 9.15. The zero-order valence-corrected chi connectivity index (χ0v) is 16.7. The molecule has 1 atom stereocenters. The molecule has 160 valence electrons. The van der Waals surface area contributed by atoms with Crippen molar-refractivity contribution in [1.82, 2.24) is 10.2 Å². The molecular weight excluding hydrogens is 434 g/mol. The summed E-state index contributed by atoms with van der Waals surface area (Å²) in [6, 6.07) is 11.8. The molecule has 2 aromatic carbocycles. The number of alkyl halides is 3. The number of nitrogens with one attached hydrogen (secondary N) is 1. The standard InChI is InChI=1S/C18H18F3N3O3.2ClH/c19-18(20,21)27-16-7-3-14(4-8-16)17(23-11-9-22-10-12-23)13-1-5-15(6-2-13)24(25)26;;/h1-8,17,22H,9-12H2;2*1H/t17-;;/m0../s1. The fourth-order valence-corrected chi connectivity index (χ4v) is 3.18. The molecule has 1 aliphatic rings. The van der Waals surface area contributed by atoms with E-state index >= 15 is 0 Å². The van der Waals surface area contributed by atoms with Crippen LogP contribution in [0, 0.1) is 10.1 Å². The minimum atomic E-state index is -4.74. The van der Waals surface area contributed by atoms with Crippen molar-refractivity contribution in [2.24, 2.45) is 0 Å². The third kappa shape index (κ3) is 6.74. The van der Waals surface area contributed by atoms with E-state index in [2.05, 4.69) is 15.0 Å². The Labute approximate surface area is 178 Å². The van der Waals surface area contributed by atoms with Crippen LogP contribution in [0.3, 0.4) is 0 Å². The fraction of sp³-hybridized carbons (Fsp3) is 0.333. The molecule has 0 radical (unpaired) electrons. The summed E-state index contributed by atoms with van der Waals surface area (Å²) < 4.78 is 41.0. The van der Waals surface area contributed by atoms with Crippen molar-refractivity contribution in [2.75, 3.05) is 26.2 Å². The normalized spacial score (nSPS) is 15.6. The summed E-state index contributed by atoms with van der Waals surface area (Å²) in [6.45, 7) is 3.09. The predicted molar refractivity (Wildman–Crippen MR) is 107 cm³/mol. The summed E-state index contributed by atoms with van der Waals surface area (Å²) in [5.74, 6) is -0.283. The third-order valence-corrected chi connectivity index (χ3v) is 4.37. The number of nitro benzene ring substituents is 1. The zero-order valence-electron chi connectivity index (χ0n) is 15.1. The average molecular weight is 454 g/mol. The molecule has 0 bridgehead atoms. The lowest BCUT2D eigenvalue weighted by atomic mass is 9.96. The van der Waals surface area contributed by atoms with Gasteiger partial charge in [-0.15, -0.1) is 38.0 Å². The lowest BCUT2D eigenvalue weighted by Crippen LogP contribution is -2.45. The molecule has 0 unspecified atom stereocenters. The highest BCUT2D eigenvalue weighted by Crippen LogP contribution is 2.32. The number of benzene rings is 2. The first kappa shape index (κ1) is 25.0. The van der Waals surface area contributed by atoms with E-state index in [1.165, 1.54) is 24.3 Å². The Morgan fingerprint density at radius 3 is 1.90 bits per heavy atom. The van der Waals surface area contributed by atoms with E-state index < -0.39 is 11.3 Å². The molecule has 1 aliphatic heterocycles. The molecule has 0 amide bonds. The average Bonchev–Trinajstić information content (AvgIpc) is 2.63. The minimum absolute atomic E-state index is 0. The van der Waals surface area contributed by atoms with Crippen LogP contribution in [0.4, 0.5) is 18.9 Å². The number of piperazine rings is 1. The zero-order chi connectivity index (χ0) is 19.4. The molecule has 0 aliphatic carbocycles. The second-order valence-corrected chi connectivity index (χ2v) is 6.15. The molecule has 3 rings (SSSR count). The number of hydrogen-bond donors (Lipinski definition) is 1. The van der Waals surface area contributed by atoms with Crippen molar-refractivity contribution in [3.8, 4) is 5.75 Å². The topological polar surface area (TPSA) is 67.6 Å². The lowest BCUT2D eigenvalue weighted by molar-refractivity contribution is -0.384. The van der Waals surface area contributed by atoms with Gasteiger partial charge in [0.1, 0.15) is 5.75 Å². The van der Waals surface area contributed by atoms with Gasteiger partial charge in [0, 0.05) is 38.3 Å².